The minimum Gasteiger partial charge on any atom is -0.424 e. The molecule has 90 valence electrons. The average Bonchev–Trinajstić information content (AvgIpc) is 2.40. The minimum atomic E-state index is 0.285. The second kappa shape index (κ2) is 6.38. The molecule has 0 aliphatic carbocycles. The number of nitriles is 1. The van der Waals surface area contributed by atoms with Gasteiger partial charge in [0, 0.05) is 23.7 Å². The summed E-state index contributed by atoms with van der Waals surface area (Å²) in [6, 6.07) is 7.81. The van der Waals surface area contributed by atoms with E-state index in [9.17, 15) is 0 Å². The molecule has 0 saturated carbocycles. The van der Waals surface area contributed by atoms with Gasteiger partial charge in [-0.1, -0.05) is 18.2 Å². The van der Waals surface area contributed by atoms with Crippen molar-refractivity contribution >= 4 is 27.7 Å². The van der Waals surface area contributed by atoms with Crippen LogP contribution in [0.2, 0.25) is 0 Å². The van der Waals surface area contributed by atoms with Gasteiger partial charge < -0.3 is 4.74 Å². The standard InChI is InChI=1S/C12H8BrN3OS/c13-10-5-15-12(16-6-10)17-11-4-2-1-3-9(11)7-18-8-14/h1-6H,7H2. The Balaban J connectivity index is 2.18. The van der Waals surface area contributed by atoms with E-state index < -0.39 is 0 Å². The molecule has 0 aliphatic heterocycles. The summed E-state index contributed by atoms with van der Waals surface area (Å²) in [6.45, 7) is 0. The van der Waals surface area contributed by atoms with Gasteiger partial charge in [0.25, 0.3) is 0 Å². The van der Waals surface area contributed by atoms with Crippen LogP contribution in [0.1, 0.15) is 5.56 Å². The first-order valence-corrected chi connectivity index (χ1v) is 6.81. The van der Waals surface area contributed by atoms with E-state index in [-0.39, 0.29) is 6.01 Å². The van der Waals surface area contributed by atoms with Crippen LogP contribution in [0.25, 0.3) is 0 Å². The van der Waals surface area contributed by atoms with Crippen molar-refractivity contribution in [3.05, 3.63) is 46.7 Å². The van der Waals surface area contributed by atoms with Crippen LogP contribution < -0.4 is 4.74 Å². The maximum Gasteiger partial charge on any atom is 0.321 e. The zero-order valence-corrected chi connectivity index (χ0v) is 11.6. The van der Waals surface area contributed by atoms with E-state index in [0.717, 1.165) is 10.0 Å². The summed E-state index contributed by atoms with van der Waals surface area (Å²) < 4.78 is 6.39. The molecular formula is C12H8BrN3OS. The fraction of sp³-hybridized carbons (Fsp3) is 0.0833. The van der Waals surface area contributed by atoms with Crippen LogP contribution in [0.5, 0.6) is 11.8 Å². The predicted molar refractivity (Wildman–Crippen MR) is 73.2 cm³/mol. The summed E-state index contributed by atoms with van der Waals surface area (Å²) in [7, 11) is 0. The van der Waals surface area contributed by atoms with E-state index in [2.05, 4.69) is 25.9 Å². The Morgan fingerprint density at radius 2 is 2.00 bits per heavy atom. The lowest BCUT2D eigenvalue weighted by Gasteiger charge is -2.07. The zero-order valence-electron chi connectivity index (χ0n) is 9.21. The highest BCUT2D eigenvalue weighted by molar-refractivity contribution is 9.10. The first-order chi connectivity index (χ1) is 8.79. The summed E-state index contributed by atoms with van der Waals surface area (Å²) in [5.74, 6) is 1.24. The van der Waals surface area contributed by atoms with Crippen molar-refractivity contribution in [3.63, 3.8) is 0 Å². The molecule has 0 atom stereocenters. The predicted octanol–water partition coefficient (Wildman–Crippen LogP) is 3.75. The molecule has 0 aliphatic rings. The Morgan fingerprint density at radius 3 is 2.72 bits per heavy atom. The first kappa shape index (κ1) is 12.9. The van der Waals surface area contributed by atoms with E-state index in [4.69, 9.17) is 10.00 Å². The average molecular weight is 322 g/mol. The van der Waals surface area contributed by atoms with Gasteiger partial charge in [-0.05, 0) is 33.8 Å². The Kier molecular flexibility index (Phi) is 4.56. The summed E-state index contributed by atoms with van der Waals surface area (Å²) in [4.78, 5) is 8.09. The van der Waals surface area contributed by atoms with Crippen LogP contribution in [0.15, 0.2) is 41.1 Å². The second-order valence-electron chi connectivity index (χ2n) is 3.27. The monoisotopic (exact) mass is 321 g/mol. The Hall–Kier alpha value is -1.58. The fourth-order valence-corrected chi connectivity index (χ4v) is 1.95. The topological polar surface area (TPSA) is 58.8 Å². The molecule has 0 amide bonds. The fourth-order valence-electron chi connectivity index (χ4n) is 1.28. The lowest BCUT2D eigenvalue weighted by Crippen LogP contribution is -1.94. The Labute approximate surface area is 117 Å². The van der Waals surface area contributed by atoms with Crippen molar-refractivity contribution < 1.29 is 4.74 Å². The summed E-state index contributed by atoms with van der Waals surface area (Å²) in [6.07, 6.45) is 3.24. The number of hydrogen-bond acceptors (Lipinski definition) is 5. The lowest BCUT2D eigenvalue weighted by molar-refractivity contribution is 0.438. The number of ether oxygens (including phenoxy) is 1. The Bertz CT molecular complexity index is 568. The second-order valence-corrected chi connectivity index (χ2v) is 4.95. The number of rotatable bonds is 4. The third-order valence-corrected chi connectivity index (χ3v) is 3.06. The smallest absolute Gasteiger partial charge is 0.321 e. The number of thiocyanates is 1. The van der Waals surface area contributed by atoms with Gasteiger partial charge in [-0.15, -0.1) is 0 Å². The molecule has 0 spiro atoms. The molecule has 0 N–H and O–H groups in total. The van der Waals surface area contributed by atoms with E-state index in [0.29, 0.717) is 11.5 Å². The maximum absolute atomic E-state index is 8.58. The van der Waals surface area contributed by atoms with Crippen LogP contribution in [0.3, 0.4) is 0 Å². The number of nitrogens with zero attached hydrogens (tertiary/aromatic N) is 3. The summed E-state index contributed by atoms with van der Waals surface area (Å²) in [5, 5.41) is 10.6. The zero-order chi connectivity index (χ0) is 12.8. The molecule has 0 unspecified atom stereocenters. The van der Waals surface area contributed by atoms with Gasteiger partial charge in [-0.25, -0.2) is 9.97 Å². The molecule has 4 nitrogen and oxygen atoms in total. The van der Waals surface area contributed by atoms with Crippen LogP contribution >= 0.6 is 27.7 Å². The van der Waals surface area contributed by atoms with Gasteiger partial charge in [-0.2, -0.15) is 5.26 Å². The molecular weight excluding hydrogens is 314 g/mol. The molecule has 2 aromatic rings. The van der Waals surface area contributed by atoms with Gasteiger partial charge in [0.05, 0.1) is 4.47 Å². The largest absolute Gasteiger partial charge is 0.424 e. The van der Waals surface area contributed by atoms with Crippen LogP contribution in [-0.4, -0.2) is 9.97 Å². The number of benzene rings is 1. The highest BCUT2D eigenvalue weighted by Crippen LogP contribution is 2.26. The number of para-hydroxylation sites is 1. The van der Waals surface area contributed by atoms with Crippen molar-refractivity contribution in [3.8, 4) is 17.2 Å². The minimum absolute atomic E-state index is 0.285. The third kappa shape index (κ3) is 3.45. The molecule has 0 fully saturated rings. The molecule has 0 bridgehead atoms. The molecule has 1 aromatic heterocycles. The van der Waals surface area contributed by atoms with Crippen molar-refractivity contribution in [2.75, 3.05) is 0 Å². The first-order valence-electron chi connectivity index (χ1n) is 5.04. The van der Waals surface area contributed by atoms with Crippen molar-refractivity contribution in [1.82, 2.24) is 9.97 Å². The highest BCUT2D eigenvalue weighted by Gasteiger charge is 2.06. The van der Waals surface area contributed by atoms with E-state index in [1.54, 1.807) is 12.4 Å². The van der Waals surface area contributed by atoms with Crippen LogP contribution in [0.4, 0.5) is 0 Å². The molecule has 18 heavy (non-hydrogen) atoms. The van der Waals surface area contributed by atoms with E-state index in [1.165, 1.54) is 11.8 Å². The quantitative estimate of drug-likeness (QED) is 0.803. The maximum atomic E-state index is 8.58. The van der Waals surface area contributed by atoms with Gasteiger partial charge >= 0.3 is 6.01 Å². The van der Waals surface area contributed by atoms with Gasteiger partial charge in [0.2, 0.25) is 0 Å². The number of aromatic nitrogens is 2. The molecule has 1 heterocycles. The summed E-state index contributed by atoms with van der Waals surface area (Å²) >= 11 is 4.43. The van der Waals surface area contributed by atoms with E-state index in [1.807, 2.05) is 29.7 Å². The molecule has 0 saturated heterocycles. The van der Waals surface area contributed by atoms with Crippen LogP contribution in [-0.2, 0) is 5.75 Å². The molecule has 6 heteroatoms. The molecule has 2 rings (SSSR count). The number of hydrogen-bond donors (Lipinski definition) is 0. The van der Waals surface area contributed by atoms with Crippen LogP contribution in [0, 0.1) is 10.7 Å². The summed E-state index contributed by atoms with van der Waals surface area (Å²) in [5.41, 5.74) is 0.940. The van der Waals surface area contributed by atoms with Gasteiger partial charge in [0.15, 0.2) is 0 Å². The molecule has 0 radical (unpaired) electrons. The highest BCUT2D eigenvalue weighted by atomic mass is 79.9. The Morgan fingerprint density at radius 1 is 1.28 bits per heavy atom. The van der Waals surface area contributed by atoms with Gasteiger partial charge in [-0.3, -0.25) is 0 Å². The normalized spacial score (nSPS) is 9.78. The van der Waals surface area contributed by atoms with Crippen molar-refractivity contribution in [2.45, 2.75) is 5.75 Å². The van der Waals surface area contributed by atoms with Crippen molar-refractivity contribution in [2.24, 2.45) is 0 Å². The number of halogens is 1. The molecule has 1 aromatic carbocycles. The SMILES string of the molecule is N#CSCc1ccccc1Oc1ncc(Br)cn1. The lowest BCUT2D eigenvalue weighted by atomic mass is 10.2. The van der Waals surface area contributed by atoms with Crippen molar-refractivity contribution in [1.29, 1.82) is 5.26 Å². The van der Waals surface area contributed by atoms with E-state index >= 15 is 0 Å². The number of thioether (sulfide) groups is 1. The van der Waals surface area contributed by atoms with Gasteiger partial charge in [0.1, 0.15) is 11.2 Å². The third-order valence-electron chi connectivity index (χ3n) is 2.06.